The topological polar surface area (TPSA) is 15.6 Å². The lowest BCUT2D eigenvalue weighted by Gasteiger charge is -2.22. The second-order valence-corrected chi connectivity index (χ2v) is 5.42. The molecule has 0 saturated heterocycles. The van der Waals surface area contributed by atoms with E-state index in [9.17, 15) is 0 Å². The van der Waals surface area contributed by atoms with Gasteiger partial charge in [0.15, 0.2) is 5.17 Å². The molecule has 0 aliphatic carbocycles. The predicted molar refractivity (Wildman–Crippen MR) is 69.6 cm³/mol. The van der Waals surface area contributed by atoms with Gasteiger partial charge in [-0.25, -0.2) is 0 Å². The second kappa shape index (κ2) is 6.72. The van der Waals surface area contributed by atoms with Gasteiger partial charge in [0.25, 0.3) is 0 Å². The third-order valence-electron chi connectivity index (χ3n) is 2.13. The highest BCUT2D eigenvalue weighted by Gasteiger charge is 2.22. The van der Waals surface area contributed by atoms with E-state index in [1.165, 1.54) is 18.0 Å². The quantitative estimate of drug-likeness (QED) is 0.719. The molecule has 0 saturated carbocycles. The molecule has 0 amide bonds. The maximum absolute atomic E-state index is 4.60. The summed E-state index contributed by atoms with van der Waals surface area (Å²) < 4.78 is 0. The van der Waals surface area contributed by atoms with Crippen LogP contribution in [0, 0.1) is 0 Å². The average Bonchev–Trinajstić information content (AvgIpc) is 2.65. The number of hydrogen-bond donors (Lipinski definition) is 0. The first-order chi connectivity index (χ1) is 6.81. The van der Waals surface area contributed by atoms with Gasteiger partial charge in [-0.1, -0.05) is 41.5 Å². The van der Waals surface area contributed by atoms with Crippen LogP contribution in [0.5, 0.6) is 0 Å². The van der Waals surface area contributed by atoms with Crippen LogP contribution in [0.2, 0.25) is 0 Å². The maximum Gasteiger partial charge on any atom is 0.159 e. The Morgan fingerprint density at radius 1 is 1.43 bits per heavy atom. The lowest BCUT2D eigenvalue weighted by atomic mass is 10.4. The first-order valence-corrected chi connectivity index (χ1v) is 7.33. The molecule has 0 fully saturated rings. The molecule has 82 valence electrons. The highest BCUT2D eigenvalue weighted by molar-refractivity contribution is 9.09. The van der Waals surface area contributed by atoms with Crippen molar-refractivity contribution in [1.29, 1.82) is 0 Å². The molecule has 0 spiro atoms. The molecular weight excluding hydrogens is 260 g/mol. The van der Waals surface area contributed by atoms with Crippen molar-refractivity contribution in [2.45, 2.75) is 31.9 Å². The van der Waals surface area contributed by atoms with E-state index in [1.807, 2.05) is 11.8 Å². The normalized spacial score (nSPS) is 21.1. The van der Waals surface area contributed by atoms with E-state index in [0.717, 1.165) is 25.0 Å². The molecule has 1 heterocycles. The van der Waals surface area contributed by atoms with E-state index in [-0.39, 0.29) is 0 Å². The molecule has 1 aliphatic heterocycles. The number of halogens is 1. The van der Waals surface area contributed by atoms with Crippen molar-refractivity contribution in [1.82, 2.24) is 4.90 Å². The summed E-state index contributed by atoms with van der Waals surface area (Å²) in [6.45, 7) is 7.73. The highest BCUT2D eigenvalue weighted by Crippen LogP contribution is 2.24. The summed E-state index contributed by atoms with van der Waals surface area (Å²) in [5.41, 5.74) is 0. The summed E-state index contributed by atoms with van der Waals surface area (Å²) in [7, 11) is 0. The second-order valence-electron chi connectivity index (χ2n) is 3.50. The number of nitrogens with zero attached hydrogens (tertiary/aromatic N) is 2. The maximum atomic E-state index is 4.60. The molecule has 1 rings (SSSR count). The van der Waals surface area contributed by atoms with Crippen LogP contribution in [0.15, 0.2) is 4.99 Å². The van der Waals surface area contributed by atoms with Gasteiger partial charge in [0.1, 0.15) is 0 Å². The fourth-order valence-corrected chi connectivity index (χ4v) is 3.09. The van der Waals surface area contributed by atoms with Crippen LogP contribution in [0.25, 0.3) is 0 Å². The summed E-state index contributed by atoms with van der Waals surface area (Å²) >= 11 is 5.45. The van der Waals surface area contributed by atoms with E-state index in [1.54, 1.807) is 0 Å². The molecule has 0 N–H and O–H groups in total. The standard InChI is InChI=1S/C10H19BrN2S/c1-3-5-13(6-4-2)10-12-8-9(7-11)14-10/h9H,3-8H2,1-2H3. The number of thioether (sulfide) groups is 1. The molecule has 1 unspecified atom stereocenters. The third kappa shape index (κ3) is 3.46. The van der Waals surface area contributed by atoms with Crippen LogP contribution in [-0.4, -0.2) is 40.3 Å². The van der Waals surface area contributed by atoms with Gasteiger partial charge in [0, 0.05) is 23.7 Å². The number of hydrogen-bond acceptors (Lipinski definition) is 3. The predicted octanol–water partition coefficient (Wildman–Crippen LogP) is 2.97. The Balaban J connectivity index is 2.44. The number of rotatable bonds is 5. The lowest BCUT2D eigenvalue weighted by molar-refractivity contribution is 0.424. The Kier molecular flexibility index (Phi) is 5.94. The fourth-order valence-electron chi connectivity index (χ4n) is 1.50. The van der Waals surface area contributed by atoms with Crippen LogP contribution in [0.3, 0.4) is 0 Å². The highest BCUT2D eigenvalue weighted by atomic mass is 79.9. The van der Waals surface area contributed by atoms with Gasteiger partial charge >= 0.3 is 0 Å². The fraction of sp³-hybridized carbons (Fsp3) is 0.900. The zero-order chi connectivity index (χ0) is 10.4. The molecular formula is C10H19BrN2S. The minimum absolute atomic E-state index is 0.654. The summed E-state index contributed by atoms with van der Waals surface area (Å²) in [6.07, 6.45) is 2.41. The van der Waals surface area contributed by atoms with Gasteiger partial charge in [-0.15, -0.1) is 0 Å². The van der Waals surface area contributed by atoms with Crippen LogP contribution in [0.1, 0.15) is 26.7 Å². The van der Waals surface area contributed by atoms with Gasteiger partial charge in [0.05, 0.1) is 6.54 Å². The molecule has 0 aromatic rings. The summed E-state index contributed by atoms with van der Waals surface area (Å²) in [6, 6.07) is 0. The van der Waals surface area contributed by atoms with E-state index in [4.69, 9.17) is 0 Å². The van der Waals surface area contributed by atoms with Crippen molar-refractivity contribution in [2.24, 2.45) is 4.99 Å². The van der Waals surface area contributed by atoms with Crippen LogP contribution < -0.4 is 0 Å². The summed E-state index contributed by atoms with van der Waals surface area (Å²) in [5, 5.41) is 2.97. The third-order valence-corrected chi connectivity index (χ3v) is 4.59. The minimum atomic E-state index is 0.654. The van der Waals surface area contributed by atoms with Crippen molar-refractivity contribution < 1.29 is 0 Å². The molecule has 2 nitrogen and oxygen atoms in total. The number of aliphatic imine (C=N–C) groups is 1. The van der Waals surface area contributed by atoms with E-state index in [0.29, 0.717) is 5.25 Å². The Bertz CT molecular complexity index is 191. The molecule has 0 aromatic carbocycles. The van der Waals surface area contributed by atoms with Crippen LogP contribution >= 0.6 is 27.7 Å². The van der Waals surface area contributed by atoms with Gasteiger partial charge in [-0.2, -0.15) is 0 Å². The molecule has 1 aliphatic rings. The zero-order valence-corrected chi connectivity index (χ0v) is 11.4. The SMILES string of the molecule is CCCN(CCC)C1=NCC(CBr)S1. The average molecular weight is 279 g/mol. The molecule has 0 radical (unpaired) electrons. The Morgan fingerprint density at radius 2 is 2.07 bits per heavy atom. The lowest BCUT2D eigenvalue weighted by Crippen LogP contribution is -2.29. The van der Waals surface area contributed by atoms with Gasteiger partial charge in [-0.05, 0) is 12.8 Å². The van der Waals surface area contributed by atoms with Crippen molar-refractivity contribution in [3.05, 3.63) is 0 Å². The van der Waals surface area contributed by atoms with E-state index >= 15 is 0 Å². The molecule has 14 heavy (non-hydrogen) atoms. The monoisotopic (exact) mass is 278 g/mol. The molecule has 4 heteroatoms. The minimum Gasteiger partial charge on any atom is -0.352 e. The summed E-state index contributed by atoms with van der Waals surface area (Å²) in [5.74, 6) is 0. The van der Waals surface area contributed by atoms with Crippen molar-refractivity contribution in [3.8, 4) is 0 Å². The Hall–Kier alpha value is 0.300. The molecule has 0 aromatic heterocycles. The first-order valence-electron chi connectivity index (χ1n) is 5.33. The van der Waals surface area contributed by atoms with Gasteiger partial charge in [0.2, 0.25) is 0 Å². The van der Waals surface area contributed by atoms with E-state index < -0.39 is 0 Å². The van der Waals surface area contributed by atoms with Crippen LogP contribution in [0.4, 0.5) is 0 Å². The number of alkyl halides is 1. The van der Waals surface area contributed by atoms with E-state index in [2.05, 4.69) is 39.7 Å². The van der Waals surface area contributed by atoms with Gasteiger partial charge in [-0.3, -0.25) is 4.99 Å². The van der Waals surface area contributed by atoms with Crippen molar-refractivity contribution >= 4 is 32.9 Å². The Labute approximate surface area is 99.7 Å². The summed E-state index contributed by atoms with van der Waals surface area (Å²) in [4.78, 5) is 7.02. The largest absolute Gasteiger partial charge is 0.352 e. The van der Waals surface area contributed by atoms with Gasteiger partial charge < -0.3 is 4.90 Å². The molecule has 1 atom stereocenters. The van der Waals surface area contributed by atoms with Crippen molar-refractivity contribution in [3.63, 3.8) is 0 Å². The van der Waals surface area contributed by atoms with Crippen LogP contribution in [-0.2, 0) is 0 Å². The van der Waals surface area contributed by atoms with Crippen molar-refractivity contribution in [2.75, 3.05) is 25.0 Å². The zero-order valence-electron chi connectivity index (χ0n) is 9.00. The first kappa shape index (κ1) is 12.4. The Morgan fingerprint density at radius 3 is 2.50 bits per heavy atom. The number of amidine groups is 1. The molecule has 0 bridgehead atoms. The smallest absolute Gasteiger partial charge is 0.159 e.